The molecule has 0 atom stereocenters. The van der Waals surface area contributed by atoms with Gasteiger partial charge in [-0.3, -0.25) is 9.59 Å². The van der Waals surface area contributed by atoms with Gasteiger partial charge in [-0.1, -0.05) is 29.3 Å². The molecule has 0 aromatic heterocycles. The molecule has 27 heavy (non-hydrogen) atoms. The Bertz CT molecular complexity index is 873. The zero-order valence-corrected chi connectivity index (χ0v) is 16.1. The number of rotatable bonds is 5. The molecule has 0 bridgehead atoms. The summed E-state index contributed by atoms with van der Waals surface area (Å²) in [6.45, 7) is 1.28. The zero-order chi connectivity index (χ0) is 19.4. The van der Waals surface area contributed by atoms with Crippen molar-refractivity contribution < 1.29 is 19.1 Å². The maximum Gasteiger partial charge on any atom is 0.253 e. The van der Waals surface area contributed by atoms with Gasteiger partial charge in [-0.05, 0) is 35.9 Å². The quantitative estimate of drug-likeness (QED) is 0.824. The lowest BCUT2D eigenvalue weighted by Crippen LogP contribution is -2.37. The molecule has 6 nitrogen and oxygen atoms in total. The number of benzene rings is 2. The Morgan fingerprint density at radius 1 is 1.07 bits per heavy atom. The first-order valence-electron chi connectivity index (χ1n) is 8.30. The Morgan fingerprint density at radius 2 is 1.81 bits per heavy atom. The van der Waals surface area contributed by atoms with Gasteiger partial charge in [-0.25, -0.2) is 0 Å². The summed E-state index contributed by atoms with van der Waals surface area (Å²) in [4.78, 5) is 26.0. The number of fused-ring (bicyclic) bond motifs is 1. The summed E-state index contributed by atoms with van der Waals surface area (Å²) >= 11 is 11.8. The highest BCUT2D eigenvalue weighted by Gasteiger charge is 2.16. The summed E-state index contributed by atoms with van der Waals surface area (Å²) in [5.41, 5.74) is 1.17. The third-order valence-corrected chi connectivity index (χ3v) is 4.58. The third-order valence-electron chi connectivity index (χ3n) is 4.03. The highest BCUT2D eigenvalue weighted by atomic mass is 35.5. The van der Waals surface area contributed by atoms with Gasteiger partial charge < -0.3 is 19.7 Å². The van der Waals surface area contributed by atoms with E-state index in [0.717, 1.165) is 5.56 Å². The van der Waals surface area contributed by atoms with E-state index in [1.165, 1.54) is 17.0 Å². The van der Waals surface area contributed by atoms with Crippen LogP contribution >= 0.6 is 23.2 Å². The lowest BCUT2D eigenvalue weighted by atomic mass is 10.2. The van der Waals surface area contributed by atoms with Gasteiger partial charge >= 0.3 is 0 Å². The van der Waals surface area contributed by atoms with Crippen LogP contribution in [0.4, 0.5) is 0 Å². The SMILES string of the molecule is CN(Cc1ccc2c(c1)OCCO2)C(=O)CNC(=O)c1ccc(Cl)cc1Cl. The van der Waals surface area contributed by atoms with Gasteiger partial charge in [0.05, 0.1) is 17.1 Å². The minimum absolute atomic E-state index is 0.140. The molecule has 3 rings (SSSR count). The maximum atomic E-state index is 12.3. The number of amides is 2. The average molecular weight is 409 g/mol. The van der Waals surface area contributed by atoms with Crippen LogP contribution < -0.4 is 14.8 Å². The molecule has 8 heteroatoms. The van der Waals surface area contributed by atoms with Crippen LogP contribution in [0.3, 0.4) is 0 Å². The smallest absolute Gasteiger partial charge is 0.253 e. The van der Waals surface area contributed by atoms with Crippen molar-refractivity contribution in [3.63, 3.8) is 0 Å². The van der Waals surface area contributed by atoms with Crippen molar-refractivity contribution in [1.82, 2.24) is 10.2 Å². The van der Waals surface area contributed by atoms with Crippen LogP contribution in [0, 0.1) is 0 Å². The zero-order valence-electron chi connectivity index (χ0n) is 14.6. The number of hydrogen-bond acceptors (Lipinski definition) is 4. The van der Waals surface area contributed by atoms with Crippen molar-refractivity contribution in [2.24, 2.45) is 0 Å². The maximum absolute atomic E-state index is 12.3. The molecule has 0 unspecified atom stereocenters. The molecule has 2 aromatic carbocycles. The Balaban J connectivity index is 1.55. The number of carbonyl (C=O) groups is 2. The Kier molecular flexibility index (Phi) is 6.08. The monoisotopic (exact) mass is 408 g/mol. The van der Waals surface area contributed by atoms with E-state index < -0.39 is 5.91 Å². The number of nitrogens with zero attached hydrogens (tertiary/aromatic N) is 1. The van der Waals surface area contributed by atoms with Gasteiger partial charge in [0.1, 0.15) is 13.2 Å². The largest absolute Gasteiger partial charge is 0.486 e. The van der Waals surface area contributed by atoms with E-state index in [2.05, 4.69) is 5.32 Å². The average Bonchev–Trinajstić information content (AvgIpc) is 2.65. The molecule has 1 aliphatic rings. The second-order valence-corrected chi connectivity index (χ2v) is 6.88. The Hall–Kier alpha value is -2.44. The predicted octanol–water partition coefficient (Wildman–Crippen LogP) is 3.15. The minimum atomic E-state index is -0.433. The normalized spacial score (nSPS) is 12.4. The molecule has 0 saturated heterocycles. The van der Waals surface area contributed by atoms with Crippen LogP contribution in [0.15, 0.2) is 36.4 Å². The van der Waals surface area contributed by atoms with E-state index >= 15 is 0 Å². The standard InChI is InChI=1S/C19H18Cl2N2O4/c1-23(11-12-2-5-16-17(8-12)27-7-6-26-16)18(24)10-22-19(25)14-4-3-13(20)9-15(14)21/h2-5,8-9H,6-7,10-11H2,1H3,(H,22,25). The van der Waals surface area contributed by atoms with Crippen LogP contribution in [-0.2, 0) is 11.3 Å². The summed E-state index contributed by atoms with van der Waals surface area (Å²) in [6.07, 6.45) is 0. The second kappa shape index (κ2) is 8.50. The minimum Gasteiger partial charge on any atom is -0.486 e. The topological polar surface area (TPSA) is 67.9 Å². The Morgan fingerprint density at radius 3 is 2.56 bits per heavy atom. The number of nitrogens with one attached hydrogen (secondary N) is 1. The van der Waals surface area contributed by atoms with E-state index in [9.17, 15) is 9.59 Å². The number of likely N-dealkylation sites (N-methyl/N-ethyl adjacent to an activating group) is 1. The molecule has 1 heterocycles. The van der Waals surface area contributed by atoms with Gasteiger partial charge in [0.25, 0.3) is 5.91 Å². The highest BCUT2D eigenvalue weighted by molar-refractivity contribution is 6.36. The van der Waals surface area contributed by atoms with Crippen LogP contribution in [0.2, 0.25) is 10.0 Å². The number of carbonyl (C=O) groups excluding carboxylic acids is 2. The predicted molar refractivity (Wildman–Crippen MR) is 103 cm³/mol. The molecular weight excluding hydrogens is 391 g/mol. The van der Waals surface area contributed by atoms with Gasteiger partial charge in [-0.15, -0.1) is 0 Å². The van der Waals surface area contributed by atoms with E-state index in [-0.39, 0.29) is 23.0 Å². The fourth-order valence-electron chi connectivity index (χ4n) is 2.61. The van der Waals surface area contributed by atoms with Crippen LogP contribution in [-0.4, -0.2) is 43.5 Å². The van der Waals surface area contributed by atoms with Gasteiger partial charge in [0.2, 0.25) is 5.91 Å². The van der Waals surface area contributed by atoms with Gasteiger partial charge in [0, 0.05) is 18.6 Å². The lowest BCUT2D eigenvalue weighted by molar-refractivity contribution is -0.129. The summed E-state index contributed by atoms with van der Waals surface area (Å²) in [5.74, 6) is 0.706. The summed E-state index contributed by atoms with van der Waals surface area (Å²) < 4.78 is 11.0. The van der Waals surface area contributed by atoms with E-state index in [1.807, 2.05) is 18.2 Å². The van der Waals surface area contributed by atoms with Crippen molar-refractivity contribution in [3.05, 3.63) is 57.6 Å². The highest BCUT2D eigenvalue weighted by Crippen LogP contribution is 2.31. The molecule has 0 saturated carbocycles. The molecule has 2 amide bonds. The van der Waals surface area contributed by atoms with E-state index in [4.69, 9.17) is 32.7 Å². The van der Waals surface area contributed by atoms with Gasteiger partial charge in [0.15, 0.2) is 11.5 Å². The van der Waals surface area contributed by atoms with Crippen molar-refractivity contribution >= 4 is 35.0 Å². The van der Waals surface area contributed by atoms with Crippen LogP contribution in [0.1, 0.15) is 15.9 Å². The first-order valence-corrected chi connectivity index (χ1v) is 9.05. The third kappa shape index (κ3) is 4.84. The molecule has 1 aliphatic heterocycles. The van der Waals surface area contributed by atoms with Crippen molar-refractivity contribution in [2.45, 2.75) is 6.54 Å². The fourth-order valence-corrected chi connectivity index (χ4v) is 3.10. The first-order chi connectivity index (χ1) is 12.9. The summed E-state index contributed by atoms with van der Waals surface area (Å²) in [6, 6.07) is 10.1. The number of hydrogen-bond donors (Lipinski definition) is 1. The fraction of sp³-hybridized carbons (Fsp3) is 0.263. The van der Waals surface area contributed by atoms with Crippen LogP contribution in [0.5, 0.6) is 11.5 Å². The molecule has 0 radical (unpaired) electrons. The first kappa shape index (κ1) is 19.3. The molecule has 0 fully saturated rings. The summed E-state index contributed by atoms with van der Waals surface area (Å²) in [7, 11) is 1.67. The van der Waals surface area contributed by atoms with E-state index in [0.29, 0.717) is 36.3 Å². The van der Waals surface area contributed by atoms with Crippen molar-refractivity contribution in [1.29, 1.82) is 0 Å². The Labute approximate surface area is 167 Å². The number of halogens is 2. The lowest BCUT2D eigenvalue weighted by Gasteiger charge is -2.21. The second-order valence-electron chi connectivity index (χ2n) is 6.03. The molecule has 142 valence electrons. The summed E-state index contributed by atoms with van der Waals surface area (Å²) in [5, 5.41) is 3.24. The van der Waals surface area contributed by atoms with E-state index in [1.54, 1.807) is 13.1 Å². The van der Waals surface area contributed by atoms with Crippen molar-refractivity contribution in [3.8, 4) is 11.5 Å². The molecule has 2 aromatic rings. The molecule has 0 spiro atoms. The molecule has 0 aliphatic carbocycles. The van der Waals surface area contributed by atoms with Crippen LogP contribution in [0.25, 0.3) is 0 Å². The molecular formula is C19H18Cl2N2O4. The molecule has 1 N–H and O–H groups in total. The van der Waals surface area contributed by atoms with Crippen molar-refractivity contribution in [2.75, 3.05) is 26.8 Å². The van der Waals surface area contributed by atoms with Gasteiger partial charge in [-0.2, -0.15) is 0 Å². The number of ether oxygens (including phenoxy) is 2.